The van der Waals surface area contributed by atoms with Crippen LogP contribution in [0.5, 0.6) is 11.5 Å². The van der Waals surface area contributed by atoms with Crippen LogP contribution in [0.2, 0.25) is 5.02 Å². The highest BCUT2D eigenvalue weighted by atomic mass is 35.5. The van der Waals surface area contributed by atoms with E-state index in [4.69, 9.17) is 22.1 Å². The van der Waals surface area contributed by atoms with Crippen molar-refractivity contribution in [2.45, 2.75) is 0 Å². The molecule has 174 valence electrons. The quantitative estimate of drug-likeness (QED) is 0.280. The number of halogens is 3. The number of carbonyl (C=O) groups is 1. The van der Waals surface area contributed by atoms with Crippen LogP contribution in [0.15, 0.2) is 60.8 Å². The van der Waals surface area contributed by atoms with Gasteiger partial charge >= 0.3 is 6.03 Å². The van der Waals surface area contributed by atoms with E-state index in [0.717, 1.165) is 12.1 Å². The third-order valence-electron chi connectivity index (χ3n) is 4.56. The molecular formula is C23H19ClF2N6O2. The molecule has 0 bridgehead atoms. The Kier molecular flexibility index (Phi) is 7.00. The number of rotatable bonds is 7. The average Bonchev–Trinajstić information content (AvgIpc) is 2.81. The molecular weight excluding hydrogens is 466 g/mol. The molecule has 11 heteroatoms. The van der Waals surface area contributed by atoms with E-state index in [2.05, 4.69) is 25.9 Å². The number of aromatic nitrogens is 2. The van der Waals surface area contributed by atoms with E-state index in [1.807, 2.05) is 0 Å². The molecule has 0 fully saturated rings. The van der Waals surface area contributed by atoms with Gasteiger partial charge in [0.1, 0.15) is 17.4 Å². The fourth-order valence-corrected chi connectivity index (χ4v) is 3.18. The minimum atomic E-state index is -0.688. The van der Waals surface area contributed by atoms with Gasteiger partial charge in [-0.2, -0.15) is 0 Å². The van der Waals surface area contributed by atoms with Crippen LogP contribution in [-0.2, 0) is 0 Å². The van der Waals surface area contributed by atoms with E-state index in [9.17, 15) is 13.6 Å². The molecule has 0 atom stereocenters. The second-order valence-electron chi connectivity index (χ2n) is 7.08. The van der Waals surface area contributed by atoms with Crippen molar-refractivity contribution < 1.29 is 18.3 Å². The minimum Gasteiger partial charge on any atom is -0.454 e. The molecule has 1 heterocycles. The first-order chi connectivity index (χ1) is 16.4. The number of nitrogens with zero attached hydrogens (tertiary/aromatic N) is 2. The maximum Gasteiger partial charge on any atom is 0.323 e. The van der Waals surface area contributed by atoms with E-state index in [0.29, 0.717) is 35.7 Å². The van der Waals surface area contributed by atoms with Crippen molar-refractivity contribution in [2.24, 2.45) is 5.73 Å². The van der Waals surface area contributed by atoms with Gasteiger partial charge in [0.2, 0.25) is 0 Å². The summed E-state index contributed by atoms with van der Waals surface area (Å²) < 4.78 is 33.5. The van der Waals surface area contributed by atoms with Crippen LogP contribution in [0.1, 0.15) is 0 Å². The number of benzene rings is 3. The van der Waals surface area contributed by atoms with E-state index in [1.54, 1.807) is 24.4 Å². The van der Waals surface area contributed by atoms with Crippen LogP contribution >= 0.6 is 11.6 Å². The zero-order valence-electron chi connectivity index (χ0n) is 17.6. The highest BCUT2D eigenvalue weighted by Gasteiger charge is 2.11. The average molecular weight is 485 g/mol. The summed E-state index contributed by atoms with van der Waals surface area (Å²) in [6.07, 6.45) is 1.60. The lowest BCUT2D eigenvalue weighted by Gasteiger charge is -2.11. The van der Waals surface area contributed by atoms with E-state index in [1.165, 1.54) is 24.3 Å². The van der Waals surface area contributed by atoms with Crippen LogP contribution in [0.3, 0.4) is 0 Å². The van der Waals surface area contributed by atoms with Gasteiger partial charge in [0, 0.05) is 36.6 Å². The van der Waals surface area contributed by atoms with Crippen LogP contribution in [0.4, 0.5) is 30.8 Å². The molecule has 0 aliphatic heterocycles. The second kappa shape index (κ2) is 10.3. The summed E-state index contributed by atoms with van der Waals surface area (Å²) in [7, 11) is 0. The van der Waals surface area contributed by atoms with E-state index >= 15 is 0 Å². The molecule has 34 heavy (non-hydrogen) atoms. The van der Waals surface area contributed by atoms with Crippen LogP contribution in [0.25, 0.3) is 11.0 Å². The minimum absolute atomic E-state index is 0.0407. The Hall–Kier alpha value is -4.02. The highest BCUT2D eigenvalue weighted by Crippen LogP contribution is 2.29. The summed E-state index contributed by atoms with van der Waals surface area (Å²) in [4.78, 5) is 20.9. The maximum absolute atomic E-state index is 14.6. The number of nitrogens with two attached hydrogens (primary N) is 1. The van der Waals surface area contributed by atoms with Crippen molar-refractivity contribution in [3.05, 3.63) is 77.5 Å². The monoisotopic (exact) mass is 484 g/mol. The summed E-state index contributed by atoms with van der Waals surface area (Å²) in [5.74, 6) is -0.401. The molecule has 0 unspecified atom stereocenters. The Morgan fingerprint density at radius 3 is 2.47 bits per heavy atom. The molecule has 0 aliphatic rings. The van der Waals surface area contributed by atoms with Crippen molar-refractivity contribution in [3.8, 4) is 11.5 Å². The molecule has 4 aromatic rings. The number of nitrogens with one attached hydrogen (secondary N) is 3. The summed E-state index contributed by atoms with van der Waals surface area (Å²) in [5.41, 5.74) is 7.18. The molecule has 0 saturated carbocycles. The number of carbonyl (C=O) groups excluding carboxylic acids is 1. The number of ether oxygens (including phenoxy) is 1. The second-order valence-corrected chi connectivity index (χ2v) is 7.48. The van der Waals surface area contributed by atoms with E-state index in [-0.39, 0.29) is 22.1 Å². The Morgan fingerprint density at radius 2 is 1.74 bits per heavy atom. The molecule has 2 amide bonds. The van der Waals surface area contributed by atoms with Crippen LogP contribution in [-0.4, -0.2) is 29.1 Å². The van der Waals surface area contributed by atoms with Gasteiger partial charge in [-0.05, 0) is 42.5 Å². The molecule has 4 rings (SSSR count). The van der Waals surface area contributed by atoms with Gasteiger partial charge in [-0.15, -0.1) is 0 Å². The molecule has 3 aromatic carbocycles. The Labute approximate surface area is 198 Å². The lowest BCUT2D eigenvalue weighted by atomic mass is 10.2. The summed E-state index contributed by atoms with van der Waals surface area (Å²) in [5, 5.41) is 7.89. The van der Waals surface area contributed by atoms with Crippen LogP contribution in [0, 0.1) is 11.6 Å². The van der Waals surface area contributed by atoms with Crippen molar-refractivity contribution in [2.75, 3.05) is 29.0 Å². The number of hydrogen-bond donors (Lipinski definition) is 4. The zero-order valence-corrected chi connectivity index (χ0v) is 18.4. The largest absolute Gasteiger partial charge is 0.454 e. The topological polar surface area (TPSA) is 114 Å². The van der Waals surface area contributed by atoms with Crippen molar-refractivity contribution in [3.63, 3.8) is 0 Å². The Balaban J connectivity index is 1.43. The Morgan fingerprint density at radius 1 is 0.971 bits per heavy atom. The highest BCUT2D eigenvalue weighted by molar-refractivity contribution is 6.31. The van der Waals surface area contributed by atoms with Gasteiger partial charge in [-0.3, -0.25) is 4.98 Å². The molecule has 0 aliphatic carbocycles. The van der Waals surface area contributed by atoms with Gasteiger partial charge in [0.05, 0.1) is 22.3 Å². The van der Waals surface area contributed by atoms with E-state index < -0.39 is 17.7 Å². The third-order valence-corrected chi connectivity index (χ3v) is 4.85. The third kappa shape index (κ3) is 5.66. The van der Waals surface area contributed by atoms with Gasteiger partial charge in [0.25, 0.3) is 0 Å². The zero-order chi connectivity index (χ0) is 24.1. The Bertz CT molecular complexity index is 1350. The fourth-order valence-electron chi connectivity index (χ4n) is 3.00. The van der Waals surface area contributed by atoms with Gasteiger partial charge in [-0.25, -0.2) is 18.6 Å². The predicted molar refractivity (Wildman–Crippen MR) is 128 cm³/mol. The van der Waals surface area contributed by atoms with Gasteiger partial charge < -0.3 is 26.4 Å². The lowest BCUT2D eigenvalue weighted by Crippen LogP contribution is -2.19. The molecule has 0 saturated heterocycles. The number of anilines is 3. The fraction of sp³-hybridized carbons (Fsp3) is 0.0870. The number of hydrogen-bond acceptors (Lipinski definition) is 6. The molecule has 1 aromatic heterocycles. The lowest BCUT2D eigenvalue weighted by molar-refractivity contribution is 0.262. The summed E-state index contributed by atoms with van der Waals surface area (Å²) in [6, 6.07) is 12.1. The molecule has 0 radical (unpaired) electrons. The smallest absolute Gasteiger partial charge is 0.323 e. The SMILES string of the molecule is NCCNc1cnc2ccc(Oc3ccc(NC(=O)Nc4ccc(F)c(Cl)c4)cc3F)cc2n1. The number of amides is 2. The summed E-state index contributed by atoms with van der Waals surface area (Å²) in [6.45, 7) is 1.01. The number of urea groups is 1. The van der Waals surface area contributed by atoms with Crippen molar-refractivity contribution >= 4 is 45.9 Å². The predicted octanol–water partition coefficient (Wildman–Crippen LogP) is 5.37. The van der Waals surface area contributed by atoms with Gasteiger partial charge in [-0.1, -0.05) is 11.6 Å². The first-order valence-corrected chi connectivity index (χ1v) is 10.5. The standard InChI is InChI=1S/C23H19ClF2N6O2/c24-16-9-13(1-4-17(16)25)30-23(33)31-14-2-6-21(18(26)10-14)34-15-3-5-19-20(11-15)32-22(12-29-19)28-8-7-27/h1-6,9-12H,7-8,27H2,(H,28,32)(H2,30,31,33). The first-order valence-electron chi connectivity index (χ1n) is 10.1. The molecule has 0 spiro atoms. The summed E-state index contributed by atoms with van der Waals surface area (Å²) >= 11 is 5.70. The van der Waals surface area contributed by atoms with Gasteiger partial charge in [0.15, 0.2) is 11.6 Å². The maximum atomic E-state index is 14.6. The molecule has 5 N–H and O–H groups in total. The number of fused-ring (bicyclic) bond motifs is 1. The van der Waals surface area contributed by atoms with Crippen LogP contribution < -0.4 is 26.4 Å². The van der Waals surface area contributed by atoms with Crippen molar-refractivity contribution in [1.82, 2.24) is 9.97 Å². The molecule has 8 nitrogen and oxygen atoms in total. The van der Waals surface area contributed by atoms with Crippen molar-refractivity contribution in [1.29, 1.82) is 0 Å². The first kappa shape index (κ1) is 23.1. The normalized spacial score (nSPS) is 10.7.